The zero-order valence-electron chi connectivity index (χ0n) is 14.6. The van der Waals surface area contributed by atoms with Crippen molar-refractivity contribution in [2.45, 2.75) is 12.6 Å². The van der Waals surface area contributed by atoms with Crippen molar-refractivity contribution in [3.8, 4) is 0 Å². The van der Waals surface area contributed by atoms with Crippen molar-refractivity contribution >= 4 is 43.3 Å². The summed E-state index contributed by atoms with van der Waals surface area (Å²) in [6, 6.07) is 14.4. The van der Waals surface area contributed by atoms with Crippen LogP contribution in [0.5, 0.6) is 0 Å². The lowest BCUT2D eigenvalue weighted by molar-refractivity contribution is -0.126. The first-order chi connectivity index (χ1) is 12.9. The number of hydrogen-bond donors (Lipinski definition) is 1. The Labute approximate surface area is 172 Å². The molecular weight excluding hydrogens is 452 g/mol. The Morgan fingerprint density at radius 3 is 2.44 bits per heavy atom. The molecule has 0 radical (unpaired) electrons. The molecule has 5 nitrogen and oxygen atoms in total. The van der Waals surface area contributed by atoms with Gasteiger partial charge in [-0.25, -0.2) is 8.42 Å². The summed E-state index contributed by atoms with van der Waals surface area (Å²) in [4.78, 5) is 14.9. The summed E-state index contributed by atoms with van der Waals surface area (Å²) in [5, 5.41) is 3.52. The van der Waals surface area contributed by atoms with Gasteiger partial charge in [-0.1, -0.05) is 63.9 Å². The van der Waals surface area contributed by atoms with Gasteiger partial charge in [0.25, 0.3) is 0 Å². The highest BCUT2D eigenvalue weighted by Crippen LogP contribution is 2.25. The van der Waals surface area contributed by atoms with Crippen LogP contribution in [0.25, 0.3) is 0 Å². The predicted molar refractivity (Wildman–Crippen MR) is 110 cm³/mol. The van der Waals surface area contributed by atoms with Crippen molar-refractivity contribution < 1.29 is 13.2 Å². The number of carbonyl (C=O) groups is 1. The smallest absolute Gasteiger partial charge is 0.242 e. The van der Waals surface area contributed by atoms with E-state index >= 15 is 0 Å². The maximum atomic E-state index is 13.0. The summed E-state index contributed by atoms with van der Waals surface area (Å²) >= 11 is 9.60. The van der Waals surface area contributed by atoms with Crippen molar-refractivity contribution in [3.05, 3.63) is 69.2 Å². The van der Waals surface area contributed by atoms with E-state index in [2.05, 4.69) is 21.2 Å². The molecule has 8 heteroatoms. The lowest BCUT2D eigenvalue weighted by Gasteiger charge is -2.33. The first-order valence-electron chi connectivity index (χ1n) is 8.57. The lowest BCUT2D eigenvalue weighted by atomic mass is 10.0. The standard InChI is InChI=1S/C19H20BrClN2O3S/c20-16-7-6-15(17(21)12-16)13-22-19(24)18(14-4-2-1-3-5-14)23-8-10-27(25,26)11-9-23/h1-7,12,18H,8-11,13H2,(H,22,24). The van der Waals surface area contributed by atoms with Crippen molar-refractivity contribution in [1.82, 2.24) is 10.2 Å². The van der Waals surface area contributed by atoms with Crippen molar-refractivity contribution in [2.75, 3.05) is 24.6 Å². The number of amides is 1. The Morgan fingerprint density at radius 2 is 1.81 bits per heavy atom. The van der Waals surface area contributed by atoms with Crippen LogP contribution in [0.3, 0.4) is 0 Å². The lowest BCUT2D eigenvalue weighted by Crippen LogP contribution is -2.47. The maximum Gasteiger partial charge on any atom is 0.242 e. The van der Waals surface area contributed by atoms with Gasteiger partial charge in [0, 0.05) is 29.1 Å². The van der Waals surface area contributed by atoms with E-state index in [1.165, 1.54) is 0 Å². The van der Waals surface area contributed by atoms with Crippen LogP contribution in [0.15, 0.2) is 53.0 Å². The number of benzene rings is 2. The molecular formula is C19H20BrClN2O3S. The molecule has 27 heavy (non-hydrogen) atoms. The highest BCUT2D eigenvalue weighted by atomic mass is 79.9. The molecule has 1 saturated heterocycles. The van der Waals surface area contributed by atoms with Gasteiger partial charge in [0.1, 0.15) is 6.04 Å². The van der Waals surface area contributed by atoms with Crippen molar-refractivity contribution in [2.24, 2.45) is 0 Å². The molecule has 1 fully saturated rings. The summed E-state index contributed by atoms with van der Waals surface area (Å²) in [6.45, 7) is 0.989. The van der Waals surface area contributed by atoms with Gasteiger partial charge in [-0.05, 0) is 23.3 Å². The second kappa shape index (κ2) is 8.73. The number of hydrogen-bond acceptors (Lipinski definition) is 4. The van der Waals surface area contributed by atoms with Crippen LogP contribution in [0, 0.1) is 0 Å². The SMILES string of the molecule is O=C(NCc1ccc(Br)cc1Cl)C(c1ccccc1)N1CCS(=O)(=O)CC1. The molecule has 0 aromatic heterocycles. The molecule has 1 heterocycles. The van der Waals surface area contributed by atoms with Gasteiger partial charge >= 0.3 is 0 Å². The Balaban J connectivity index is 1.77. The summed E-state index contributed by atoms with van der Waals surface area (Å²) in [5.41, 5.74) is 1.66. The molecule has 2 aromatic carbocycles. The quantitative estimate of drug-likeness (QED) is 0.727. The Kier molecular flexibility index (Phi) is 6.57. The summed E-state index contributed by atoms with van der Waals surface area (Å²) < 4.78 is 24.4. The Bertz CT molecular complexity index is 908. The van der Waals surface area contributed by atoms with E-state index in [1.54, 1.807) is 6.07 Å². The topological polar surface area (TPSA) is 66.5 Å². The van der Waals surface area contributed by atoms with E-state index in [1.807, 2.05) is 47.4 Å². The predicted octanol–water partition coefficient (Wildman–Crippen LogP) is 3.19. The average molecular weight is 472 g/mol. The van der Waals surface area contributed by atoms with Gasteiger partial charge in [0.05, 0.1) is 11.5 Å². The van der Waals surface area contributed by atoms with Crippen LogP contribution in [-0.2, 0) is 21.2 Å². The van der Waals surface area contributed by atoms with Crippen LogP contribution in [0.2, 0.25) is 5.02 Å². The van der Waals surface area contributed by atoms with E-state index in [0.29, 0.717) is 24.7 Å². The van der Waals surface area contributed by atoms with E-state index in [0.717, 1.165) is 15.6 Å². The van der Waals surface area contributed by atoms with Gasteiger partial charge < -0.3 is 5.32 Å². The fourth-order valence-electron chi connectivity index (χ4n) is 3.09. The van der Waals surface area contributed by atoms with E-state index in [4.69, 9.17) is 11.6 Å². The summed E-state index contributed by atoms with van der Waals surface area (Å²) in [6.07, 6.45) is 0. The number of sulfone groups is 1. The third-order valence-corrected chi connectivity index (χ3v) is 7.03. The number of rotatable bonds is 5. The molecule has 1 atom stereocenters. The first kappa shape index (κ1) is 20.3. The molecule has 1 N–H and O–H groups in total. The Hall–Kier alpha value is -1.41. The molecule has 3 rings (SSSR count). The van der Waals surface area contributed by atoms with Crippen LogP contribution in [0.4, 0.5) is 0 Å². The van der Waals surface area contributed by atoms with Crippen LogP contribution in [0.1, 0.15) is 17.2 Å². The first-order valence-corrected chi connectivity index (χ1v) is 11.6. The highest BCUT2D eigenvalue weighted by Gasteiger charge is 2.32. The molecule has 1 aliphatic heterocycles. The highest BCUT2D eigenvalue weighted by molar-refractivity contribution is 9.10. The molecule has 1 unspecified atom stereocenters. The zero-order valence-corrected chi connectivity index (χ0v) is 17.7. The molecule has 0 spiro atoms. The number of carbonyl (C=O) groups excluding carboxylic acids is 1. The van der Waals surface area contributed by atoms with Crippen molar-refractivity contribution in [3.63, 3.8) is 0 Å². The number of nitrogens with zero attached hydrogens (tertiary/aromatic N) is 1. The molecule has 0 aliphatic carbocycles. The molecule has 0 bridgehead atoms. The third kappa shape index (κ3) is 5.31. The van der Waals surface area contributed by atoms with Crippen LogP contribution in [-0.4, -0.2) is 43.8 Å². The maximum absolute atomic E-state index is 13.0. The largest absolute Gasteiger partial charge is 0.350 e. The van der Waals surface area contributed by atoms with Gasteiger partial charge in [0.2, 0.25) is 5.91 Å². The summed E-state index contributed by atoms with van der Waals surface area (Å²) in [7, 11) is -3.02. The van der Waals surface area contributed by atoms with E-state index in [-0.39, 0.29) is 17.4 Å². The monoisotopic (exact) mass is 470 g/mol. The number of halogens is 2. The van der Waals surface area contributed by atoms with E-state index in [9.17, 15) is 13.2 Å². The normalized spacial score (nSPS) is 18.0. The minimum atomic E-state index is -3.02. The summed E-state index contributed by atoms with van der Waals surface area (Å²) in [5.74, 6) is -0.0240. The molecule has 1 aliphatic rings. The van der Waals surface area contributed by atoms with Crippen LogP contribution >= 0.6 is 27.5 Å². The Morgan fingerprint density at radius 1 is 1.15 bits per heavy atom. The minimum Gasteiger partial charge on any atom is -0.350 e. The van der Waals surface area contributed by atoms with Crippen LogP contribution < -0.4 is 5.32 Å². The minimum absolute atomic E-state index is 0.0716. The fraction of sp³-hybridized carbons (Fsp3) is 0.316. The van der Waals surface area contributed by atoms with E-state index < -0.39 is 15.9 Å². The molecule has 0 saturated carbocycles. The van der Waals surface area contributed by atoms with Gasteiger partial charge in [-0.2, -0.15) is 0 Å². The van der Waals surface area contributed by atoms with Gasteiger partial charge in [-0.15, -0.1) is 0 Å². The second-order valence-electron chi connectivity index (χ2n) is 6.45. The van der Waals surface area contributed by atoms with Gasteiger partial charge in [-0.3, -0.25) is 9.69 Å². The van der Waals surface area contributed by atoms with Crippen molar-refractivity contribution in [1.29, 1.82) is 0 Å². The molecule has 144 valence electrons. The number of nitrogens with one attached hydrogen (secondary N) is 1. The van der Waals surface area contributed by atoms with Gasteiger partial charge in [0.15, 0.2) is 9.84 Å². The third-order valence-electron chi connectivity index (χ3n) is 4.58. The average Bonchev–Trinajstić information content (AvgIpc) is 2.63. The zero-order chi connectivity index (χ0) is 19.4. The molecule has 2 aromatic rings. The molecule has 1 amide bonds. The second-order valence-corrected chi connectivity index (χ2v) is 10.1. The fourth-order valence-corrected chi connectivity index (χ4v) is 5.06.